The summed E-state index contributed by atoms with van der Waals surface area (Å²) in [6.45, 7) is 2.17. The van der Waals surface area contributed by atoms with Crippen molar-refractivity contribution >= 4 is 27.6 Å². The van der Waals surface area contributed by atoms with E-state index in [1.54, 1.807) is 6.07 Å². The van der Waals surface area contributed by atoms with Crippen LogP contribution in [0.5, 0.6) is 0 Å². The molecule has 1 aliphatic heterocycles. The molecule has 0 aromatic heterocycles. The predicted octanol–water partition coefficient (Wildman–Crippen LogP) is 4.27. The number of carbonyl (C=O) groups excluding carboxylic acids is 1. The molecule has 0 saturated carbocycles. The third kappa shape index (κ3) is 3.72. The van der Waals surface area contributed by atoms with Crippen molar-refractivity contribution in [2.75, 3.05) is 24.6 Å². The third-order valence-electron chi connectivity index (χ3n) is 4.03. The van der Waals surface area contributed by atoms with E-state index >= 15 is 0 Å². The number of nitrogens with zero attached hydrogens (tertiary/aromatic N) is 1. The van der Waals surface area contributed by atoms with Crippen molar-refractivity contribution in [2.45, 2.75) is 6.42 Å². The van der Waals surface area contributed by atoms with Crippen molar-refractivity contribution in [3.05, 3.63) is 64.4 Å². The van der Waals surface area contributed by atoms with Gasteiger partial charge in [0.2, 0.25) is 0 Å². The van der Waals surface area contributed by atoms with E-state index in [0.29, 0.717) is 12.5 Å². The van der Waals surface area contributed by atoms with Crippen LogP contribution < -0.4 is 4.90 Å². The van der Waals surface area contributed by atoms with Gasteiger partial charge in [0.1, 0.15) is 5.82 Å². The van der Waals surface area contributed by atoms with Gasteiger partial charge in [-0.3, -0.25) is 0 Å². The van der Waals surface area contributed by atoms with E-state index in [9.17, 15) is 9.18 Å². The summed E-state index contributed by atoms with van der Waals surface area (Å²) >= 11 is 3.09. The average Bonchev–Trinajstić information content (AvgIpc) is 3.05. The smallest absolute Gasteiger partial charge is 0.339 e. The zero-order chi connectivity index (χ0) is 16.2. The van der Waals surface area contributed by atoms with Crippen LogP contribution in [0, 0.1) is 11.7 Å². The first-order chi connectivity index (χ1) is 11.1. The van der Waals surface area contributed by atoms with Crippen LogP contribution in [0.1, 0.15) is 16.8 Å². The van der Waals surface area contributed by atoms with Gasteiger partial charge in [-0.05, 0) is 46.6 Å². The molecule has 1 fully saturated rings. The van der Waals surface area contributed by atoms with E-state index in [4.69, 9.17) is 4.74 Å². The Morgan fingerprint density at radius 1 is 1.22 bits per heavy atom. The van der Waals surface area contributed by atoms with Gasteiger partial charge < -0.3 is 9.64 Å². The first-order valence-electron chi connectivity index (χ1n) is 7.56. The van der Waals surface area contributed by atoms with Crippen molar-refractivity contribution in [2.24, 2.45) is 5.92 Å². The number of benzene rings is 2. The molecule has 0 amide bonds. The molecule has 0 unspecified atom stereocenters. The summed E-state index contributed by atoms with van der Waals surface area (Å²) in [6, 6.07) is 14.6. The summed E-state index contributed by atoms with van der Waals surface area (Å²) in [4.78, 5) is 14.4. The first kappa shape index (κ1) is 16.0. The number of esters is 1. The van der Waals surface area contributed by atoms with Crippen molar-refractivity contribution in [1.82, 2.24) is 0 Å². The Labute approximate surface area is 143 Å². The number of hydrogen-bond acceptors (Lipinski definition) is 3. The Bertz CT molecular complexity index is 693. The topological polar surface area (TPSA) is 29.5 Å². The number of anilines is 1. The minimum absolute atomic E-state index is 0.155. The van der Waals surface area contributed by atoms with Crippen molar-refractivity contribution < 1.29 is 13.9 Å². The number of carbonyl (C=O) groups is 1. The Morgan fingerprint density at radius 3 is 2.78 bits per heavy atom. The fourth-order valence-electron chi connectivity index (χ4n) is 2.77. The summed E-state index contributed by atoms with van der Waals surface area (Å²) in [6.07, 6.45) is 0.979. The van der Waals surface area contributed by atoms with Crippen molar-refractivity contribution in [3.8, 4) is 0 Å². The van der Waals surface area contributed by atoms with Crippen molar-refractivity contribution in [1.29, 1.82) is 0 Å². The molecular weight excluding hydrogens is 361 g/mol. The largest absolute Gasteiger partial charge is 0.462 e. The lowest BCUT2D eigenvalue weighted by atomic mass is 10.1. The lowest BCUT2D eigenvalue weighted by Gasteiger charge is -2.18. The highest BCUT2D eigenvalue weighted by Gasteiger charge is 2.24. The zero-order valence-electron chi connectivity index (χ0n) is 12.5. The molecule has 0 N–H and O–H groups in total. The van der Waals surface area contributed by atoms with Gasteiger partial charge in [0.15, 0.2) is 0 Å². The van der Waals surface area contributed by atoms with Crippen LogP contribution in [0.25, 0.3) is 0 Å². The normalized spacial score (nSPS) is 17.3. The Hall–Kier alpha value is -1.88. The van der Waals surface area contributed by atoms with E-state index in [1.807, 2.05) is 18.2 Å². The number of halogens is 2. The molecule has 23 heavy (non-hydrogen) atoms. The Kier molecular flexibility index (Phi) is 4.96. The molecule has 2 aromatic carbocycles. The predicted molar refractivity (Wildman–Crippen MR) is 91.1 cm³/mol. The second-order valence-electron chi connectivity index (χ2n) is 5.64. The SMILES string of the molecule is O=C(OC[C@H]1CCN(c2ccccc2)C1)c1cccc(F)c1Br. The quantitative estimate of drug-likeness (QED) is 0.745. The second-order valence-corrected chi connectivity index (χ2v) is 6.43. The van der Waals surface area contributed by atoms with Gasteiger partial charge in [-0.2, -0.15) is 0 Å². The number of rotatable bonds is 4. The fourth-order valence-corrected chi connectivity index (χ4v) is 3.20. The van der Waals surface area contributed by atoms with E-state index in [0.717, 1.165) is 19.5 Å². The van der Waals surface area contributed by atoms with Crippen LogP contribution in [-0.2, 0) is 4.74 Å². The molecule has 120 valence electrons. The standard InChI is InChI=1S/C18H17BrFNO2/c19-17-15(7-4-8-16(17)20)18(22)23-12-13-9-10-21(11-13)14-5-2-1-3-6-14/h1-8,13H,9-12H2/t13-/m0/s1. The highest BCUT2D eigenvalue weighted by atomic mass is 79.9. The lowest BCUT2D eigenvalue weighted by molar-refractivity contribution is 0.0449. The van der Waals surface area contributed by atoms with E-state index in [-0.39, 0.29) is 10.0 Å². The summed E-state index contributed by atoms with van der Waals surface area (Å²) < 4.78 is 19.0. The second kappa shape index (κ2) is 7.13. The molecule has 3 rings (SSSR count). The molecule has 1 aliphatic rings. The molecule has 1 heterocycles. The summed E-state index contributed by atoms with van der Waals surface area (Å²) in [7, 11) is 0. The Morgan fingerprint density at radius 2 is 2.00 bits per heavy atom. The van der Waals surface area contributed by atoms with Crippen molar-refractivity contribution in [3.63, 3.8) is 0 Å². The van der Waals surface area contributed by atoms with Gasteiger partial charge >= 0.3 is 5.97 Å². The fraction of sp³-hybridized carbons (Fsp3) is 0.278. The monoisotopic (exact) mass is 377 g/mol. The molecule has 3 nitrogen and oxygen atoms in total. The molecule has 5 heteroatoms. The summed E-state index contributed by atoms with van der Waals surface area (Å²) in [5, 5.41) is 0. The molecule has 0 aliphatic carbocycles. The summed E-state index contributed by atoms with van der Waals surface area (Å²) in [5.41, 5.74) is 1.41. The lowest BCUT2D eigenvalue weighted by Crippen LogP contribution is -2.22. The van der Waals surface area contributed by atoms with Crippen LogP contribution in [0.2, 0.25) is 0 Å². The third-order valence-corrected chi connectivity index (χ3v) is 4.83. The van der Waals surface area contributed by atoms with Gasteiger partial charge in [-0.1, -0.05) is 24.3 Å². The highest BCUT2D eigenvalue weighted by molar-refractivity contribution is 9.10. The van der Waals surface area contributed by atoms with Crippen LogP contribution in [0.4, 0.5) is 10.1 Å². The van der Waals surface area contributed by atoms with E-state index in [1.165, 1.54) is 17.8 Å². The van der Waals surface area contributed by atoms with Crippen LogP contribution in [0.15, 0.2) is 53.0 Å². The molecule has 0 bridgehead atoms. The van der Waals surface area contributed by atoms with Crippen LogP contribution in [-0.4, -0.2) is 25.7 Å². The van der Waals surface area contributed by atoms with Crippen LogP contribution in [0.3, 0.4) is 0 Å². The maximum atomic E-state index is 13.5. The van der Waals surface area contributed by atoms with Crippen LogP contribution >= 0.6 is 15.9 Å². The molecule has 0 spiro atoms. The molecule has 1 atom stereocenters. The number of ether oxygens (including phenoxy) is 1. The minimum Gasteiger partial charge on any atom is -0.462 e. The van der Waals surface area contributed by atoms with Gasteiger partial charge in [-0.25, -0.2) is 9.18 Å². The van der Waals surface area contributed by atoms with Gasteiger partial charge in [0, 0.05) is 24.7 Å². The first-order valence-corrected chi connectivity index (χ1v) is 8.35. The Balaban J connectivity index is 1.55. The highest BCUT2D eigenvalue weighted by Crippen LogP contribution is 2.25. The van der Waals surface area contributed by atoms with Gasteiger partial charge in [0.25, 0.3) is 0 Å². The molecular formula is C18H17BrFNO2. The summed E-state index contributed by atoms with van der Waals surface area (Å²) in [5.74, 6) is -0.656. The molecule has 1 saturated heterocycles. The zero-order valence-corrected chi connectivity index (χ0v) is 14.1. The number of para-hydroxylation sites is 1. The van der Waals surface area contributed by atoms with E-state index < -0.39 is 11.8 Å². The average molecular weight is 378 g/mol. The number of hydrogen-bond donors (Lipinski definition) is 0. The van der Waals surface area contributed by atoms with Gasteiger partial charge in [0.05, 0.1) is 16.6 Å². The van der Waals surface area contributed by atoms with E-state index in [2.05, 4.69) is 33.0 Å². The maximum Gasteiger partial charge on any atom is 0.339 e. The maximum absolute atomic E-state index is 13.5. The minimum atomic E-state index is -0.491. The van der Waals surface area contributed by atoms with Gasteiger partial charge in [-0.15, -0.1) is 0 Å². The molecule has 2 aromatic rings. The molecule has 0 radical (unpaired) electrons.